The van der Waals surface area contributed by atoms with E-state index in [1.165, 1.54) is 26.4 Å². The highest BCUT2D eigenvalue weighted by Gasteiger charge is 2.17. The fourth-order valence-corrected chi connectivity index (χ4v) is 1.10. The SMILES string of the molecule is COc1ccc(OC)c(NC(=O)C(F)F)c1. The van der Waals surface area contributed by atoms with Gasteiger partial charge in [0.2, 0.25) is 0 Å². The minimum atomic E-state index is -3.07. The Morgan fingerprint density at radius 2 is 2.00 bits per heavy atom. The summed E-state index contributed by atoms with van der Waals surface area (Å²) in [6, 6.07) is 4.51. The molecule has 0 spiro atoms. The number of carbonyl (C=O) groups is 1. The number of alkyl halides is 2. The molecule has 0 radical (unpaired) electrons. The maximum atomic E-state index is 12.0. The minimum absolute atomic E-state index is 0.146. The van der Waals surface area contributed by atoms with Crippen LogP contribution in [0.15, 0.2) is 18.2 Å². The van der Waals surface area contributed by atoms with Crippen LogP contribution in [0.3, 0.4) is 0 Å². The lowest BCUT2D eigenvalue weighted by atomic mass is 10.2. The molecule has 0 unspecified atom stereocenters. The van der Waals surface area contributed by atoms with Gasteiger partial charge in [-0.1, -0.05) is 0 Å². The molecule has 88 valence electrons. The number of hydrogen-bond donors (Lipinski definition) is 1. The summed E-state index contributed by atoms with van der Waals surface area (Å²) >= 11 is 0. The van der Waals surface area contributed by atoms with Crippen LogP contribution in [0.4, 0.5) is 14.5 Å². The molecule has 0 aliphatic heterocycles. The van der Waals surface area contributed by atoms with Crippen LogP contribution in [-0.4, -0.2) is 26.6 Å². The summed E-state index contributed by atoms with van der Waals surface area (Å²) in [6.45, 7) is 0. The average molecular weight is 231 g/mol. The Labute approximate surface area is 91.2 Å². The van der Waals surface area contributed by atoms with Crippen molar-refractivity contribution in [2.75, 3.05) is 19.5 Å². The molecule has 0 saturated heterocycles. The molecule has 4 nitrogen and oxygen atoms in total. The fourth-order valence-electron chi connectivity index (χ4n) is 1.10. The number of nitrogens with one attached hydrogen (secondary N) is 1. The third kappa shape index (κ3) is 2.82. The van der Waals surface area contributed by atoms with E-state index in [0.717, 1.165) is 0 Å². The summed E-state index contributed by atoms with van der Waals surface area (Å²) in [7, 11) is 2.81. The zero-order chi connectivity index (χ0) is 12.1. The van der Waals surface area contributed by atoms with Gasteiger partial charge in [-0.25, -0.2) is 0 Å². The Hall–Kier alpha value is -1.85. The summed E-state index contributed by atoms with van der Waals surface area (Å²) in [5.41, 5.74) is 0.146. The molecule has 0 fully saturated rings. The fraction of sp³-hybridized carbons (Fsp3) is 0.300. The van der Waals surface area contributed by atoms with Crippen LogP contribution in [0.2, 0.25) is 0 Å². The van der Waals surface area contributed by atoms with Gasteiger partial charge in [-0.2, -0.15) is 8.78 Å². The van der Waals surface area contributed by atoms with Gasteiger partial charge in [-0.3, -0.25) is 4.79 Å². The lowest BCUT2D eigenvalue weighted by Crippen LogP contribution is -2.20. The van der Waals surface area contributed by atoms with E-state index >= 15 is 0 Å². The number of hydrogen-bond acceptors (Lipinski definition) is 3. The first-order valence-electron chi connectivity index (χ1n) is 4.39. The van der Waals surface area contributed by atoms with Crippen molar-refractivity contribution in [3.63, 3.8) is 0 Å². The topological polar surface area (TPSA) is 47.6 Å². The molecule has 1 N–H and O–H groups in total. The van der Waals surface area contributed by atoms with Crippen molar-refractivity contribution in [2.24, 2.45) is 0 Å². The second-order valence-electron chi connectivity index (χ2n) is 2.86. The molecule has 0 aliphatic carbocycles. The predicted molar refractivity (Wildman–Crippen MR) is 54.2 cm³/mol. The summed E-state index contributed by atoms with van der Waals surface area (Å²) < 4.78 is 33.9. The number of anilines is 1. The first-order valence-corrected chi connectivity index (χ1v) is 4.39. The van der Waals surface area contributed by atoms with Crippen LogP contribution < -0.4 is 14.8 Å². The Bertz CT molecular complexity index is 382. The van der Waals surface area contributed by atoms with E-state index in [1.54, 1.807) is 6.07 Å². The van der Waals surface area contributed by atoms with E-state index in [9.17, 15) is 13.6 Å². The molecule has 1 aromatic rings. The van der Waals surface area contributed by atoms with Crippen LogP contribution in [0, 0.1) is 0 Å². The van der Waals surface area contributed by atoms with Gasteiger partial charge in [-0.05, 0) is 12.1 Å². The minimum Gasteiger partial charge on any atom is -0.497 e. The van der Waals surface area contributed by atoms with E-state index in [-0.39, 0.29) is 11.4 Å². The largest absolute Gasteiger partial charge is 0.497 e. The molecule has 0 bridgehead atoms. The van der Waals surface area contributed by atoms with Gasteiger partial charge in [-0.15, -0.1) is 0 Å². The summed E-state index contributed by atoms with van der Waals surface area (Å²) in [6.07, 6.45) is -3.07. The molecule has 0 atom stereocenters. The molecule has 0 aromatic heterocycles. The number of carbonyl (C=O) groups excluding carboxylic acids is 1. The Balaban J connectivity index is 2.95. The Morgan fingerprint density at radius 1 is 1.31 bits per heavy atom. The monoisotopic (exact) mass is 231 g/mol. The predicted octanol–water partition coefficient (Wildman–Crippen LogP) is 1.91. The van der Waals surface area contributed by atoms with Crippen LogP contribution in [-0.2, 0) is 4.79 Å². The average Bonchev–Trinajstić information content (AvgIpc) is 2.28. The molecule has 1 rings (SSSR count). The number of halogens is 2. The summed E-state index contributed by atoms with van der Waals surface area (Å²) in [5.74, 6) is -0.660. The highest BCUT2D eigenvalue weighted by atomic mass is 19.3. The summed E-state index contributed by atoms with van der Waals surface area (Å²) in [4.78, 5) is 10.8. The van der Waals surface area contributed by atoms with E-state index < -0.39 is 12.3 Å². The lowest BCUT2D eigenvalue weighted by Gasteiger charge is -2.11. The lowest BCUT2D eigenvalue weighted by molar-refractivity contribution is -0.126. The van der Waals surface area contributed by atoms with E-state index in [2.05, 4.69) is 0 Å². The van der Waals surface area contributed by atoms with Gasteiger partial charge in [0.05, 0.1) is 19.9 Å². The van der Waals surface area contributed by atoms with Crippen LogP contribution in [0.25, 0.3) is 0 Å². The highest BCUT2D eigenvalue weighted by Crippen LogP contribution is 2.29. The first-order chi connectivity index (χ1) is 7.58. The maximum Gasteiger partial charge on any atom is 0.315 e. The molecular weight excluding hydrogens is 220 g/mol. The molecule has 6 heteroatoms. The van der Waals surface area contributed by atoms with E-state index in [0.29, 0.717) is 5.75 Å². The number of benzene rings is 1. The van der Waals surface area contributed by atoms with Crippen molar-refractivity contribution in [3.05, 3.63) is 18.2 Å². The van der Waals surface area contributed by atoms with E-state index in [4.69, 9.17) is 9.47 Å². The second-order valence-corrected chi connectivity index (χ2v) is 2.86. The highest BCUT2D eigenvalue weighted by molar-refractivity contribution is 5.94. The maximum absolute atomic E-state index is 12.0. The smallest absolute Gasteiger partial charge is 0.315 e. The third-order valence-electron chi connectivity index (χ3n) is 1.86. The normalized spacial score (nSPS) is 10.1. The van der Waals surface area contributed by atoms with Gasteiger partial charge in [0.1, 0.15) is 11.5 Å². The zero-order valence-electron chi connectivity index (χ0n) is 8.79. The second kappa shape index (κ2) is 5.29. The van der Waals surface area contributed by atoms with Gasteiger partial charge in [0.25, 0.3) is 5.91 Å². The standard InChI is InChI=1S/C10H11F2NO3/c1-15-6-3-4-8(16-2)7(5-6)13-10(14)9(11)12/h3-5,9H,1-2H3,(H,13,14). The number of methoxy groups -OCH3 is 2. The van der Waals surface area contributed by atoms with Gasteiger partial charge >= 0.3 is 6.43 Å². The number of amides is 1. The summed E-state index contributed by atoms with van der Waals surface area (Å²) in [5, 5.41) is 2.04. The Morgan fingerprint density at radius 3 is 2.50 bits per heavy atom. The molecule has 0 saturated carbocycles. The third-order valence-corrected chi connectivity index (χ3v) is 1.86. The first kappa shape index (κ1) is 12.2. The van der Waals surface area contributed by atoms with Crippen LogP contribution in [0.5, 0.6) is 11.5 Å². The molecular formula is C10H11F2NO3. The molecule has 16 heavy (non-hydrogen) atoms. The quantitative estimate of drug-likeness (QED) is 0.861. The van der Waals surface area contributed by atoms with Gasteiger partial charge < -0.3 is 14.8 Å². The van der Waals surface area contributed by atoms with Crippen molar-refractivity contribution < 1.29 is 23.0 Å². The van der Waals surface area contributed by atoms with Crippen molar-refractivity contribution in [1.82, 2.24) is 0 Å². The molecule has 0 aliphatic rings. The molecule has 0 heterocycles. The van der Waals surface area contributed by atoms with Gasteiger partial charge in [0.15, 0.2) is 0 Å². The van der Waals surface area contributed by atoms with Crippen molar-refractivity contribution in [1.29, 1.82) is 0 Å². The van der Waals surface area contributed by atoms with Crippen molar-refractivity contribution >= 4 is 11.6 Å². The van der Waals surface area contributed by atoms with Gasteiger partial charge in [0, 0.05) is 6.07 Å². The van der Waals surface area contributed by atoms with Crippen molar-refractivity contribution in [2.45, 2.75) is 6.43 Å². The van der Waals surface area contributed by atoms with Crippen LogP contribution in [0.1, 0.15) is 0 Å². The van der Waals surface area contributed by atoms with Crippen LogP contribution >= 0.6 is 0 Å². The molecule has 1 aromatic carbocycles. The number of rotatable bonds is 4. The van der Waals surface area contributed by atoms with Crippen molar-refractivity contribution in [3.8, 4) is 11.5 Å². The number of ether oxygens (including phenoxy) is 2. The molecule has 1 amide bonds. The van der Waals surface area contributed by atoms with E-state index in [1.807, 2.05) is 5.32 Å². The zero-order valence-corrected chi connectivity index (χ0v) is 8.79. The Kier molecular flexibility index (Phi) is 4.04.